The van der Waals surface area contributed by atoms with Crippen LogP contribution in [0, 0.1) is 0 Å². The Balaban J connectivity index is 1.51. The molecule has 1 amide bonds. The second-order valence-corrected chi connectivity index (χ2v) is 9.77. The Morgan fingerprint density at radius 1 is 1.06 bits per heavy atom. The van der Waals surface area contributed by atoms with E-state index in [0.29, 0.717) is 0 Å². The molecule has 1 N–H and O–H groups in total. The van der Waals surface area contributed by atoms with Crippen LogP contribution < -0.4 is 10.1 Å². The standard InChI is InChI=1S/C25H18BrN3O2S/c26-18-12-10-16(11-13-18)14-23-25(27-24(30)32-23)29-21(19-8-4-5-9-22(19)31-25)15-20(28-29)17-6-2-1-3-7-17/h1-14,21H,15H2,(H,27,30)/b23-14-/t21-,25-/m0/s1. The Hall–Kier alpha value is -3.03. The molecule has 0 bridgehead atoms. The molecule has 5 nitrogen and oxygen atoms in total. The van der Waals surface area contributed by atoms with Gasteiger partial charge < -0.3 is 4.74 Å². The number of halogens is 1. The Bertz CT molecular complexity index is 1280. The van der Waals surface area contributed by atoms with Gasteiger partial charge in [-0.25, -0.2) is 5.01 Å². The third-order valence-corrected chi connectivity index (χ3v) is 7.28. The molecule has 0 aliphatic carbocycles. The fraction of sp³-hybridized carbons (Fsp3) is 0.120. The van der Waals surface area contributed by atoms with Crippen molar-refractivity contribution in [3.05, 3.63) is 105 Å². The van der Waals surface area contributed by atoms with Gasteiger partial charge in [0.2, 0.25) is 0 Å². The van der Waals surface area contributed by atoms with Crippen LogP contribution in [-0.2, 0) is 0 Å². The minimum absolute atomic E-state index is 0.0394. The van der Waals surface area contributed by atoms with Gasteiger partial charge >= 0.3 is 5.85 Å². The number of hydrogen-bond donors (Lipinski definition) is 1. The molecular weight excluding hydrogens is 486 g/mol. The van der Waals surface area contributed by atoms with Gasteiger partial charge in [0.1, 0.15) is 5.75 Å². The molecule has 0 unspecified atom stereocenters. The zero-order valence-corrected chi connectivity index (χ0v) is 19.3. The highest BCUT2D eigenvalue weighted by Crippen LogP contribution is 2.52. The summed E-state index contributed by atoms with van der Waals surface area (Å²) in [5, 5.41) is 9.86. The Morgan fingerprint density at radius 3 is 2.62 bits per heavy atom. The van der Waals surface area contributed by atoms with Crippen LogP contribution in [0.1, 0.15) is 29.2 Å². The minimum atomic E-state index is -1.18. The molecule has 1 spiro atoms. The van der Waals surface area contributed by atoms with Crippen molar-refractivity contribution in [2.24, 2.45) is 5.10 Å². The summed E-state index contributed by atoms with van der Waals surface area (Å²) >= 11 is 4.63. The molecule has 1 saturated heterocycles. The molecular formula is C25H18BrN3O2S. The number of carbonyl (C=O) groups excluding carboxylic acids is 1. The average Bonchev–Trinajstić information content (AvgIpc) is 3.39. The number of hydrogen-bond acceptors (Lipinski definition) is 5. The fourth-order valence-corrected chi connectivity index (χ4v) is 5.55. The van der Waals surface area contributed by atoms with E-state index in [-0.39, 0.29) is 11.3 Å². The number of carbonyl (C=O) groups is 1. The number of ether oxygens (including phenoxy) is 1. The Kier molecular flexibility index (Phi) is 4.62. The van der Waals surface area contributed by atoms with Crippen molar-refractivity contribution in [3.8, 4) is 5.75 Å². The van der Waals surface area contributed by atoms with E-state index in [1.165, 1.54) is 0 Å². The highest BCUT2D eigenvalue weighted by Gasteiger charge is 2.58. The molecule has 3 heterocycles. The van der Waals surface area contributed by atoms with Gasteiger partial charge in [-0.05, 0) is 47.2 Å². The van der Waals surface area contributed by atoms with E-state index in [9.17, 15) is 4.79 Å². The summed E-state index contributed by atoms with van der Waals surface area (Å²) in [4.78, 5) is 13.4. The topological polar surface area (TPSA) is 53.9 Å². The summed E-state index contributed by atoms with van der Waals surface area (Å²) in [6.07, 6.45) is 2.73. The summed E-state index contributed by atoms with van der Waals surface area (Å²) in [6, 6.07) is 26.1. The lowest BCUT2D eigenvalue weighted by molar-refractivity contribution is -0.0949. The number of fused-ring (bicyclic) bond motifs is 4. The number of amides is 1. The van der Waals surface area contributed by atoms with Gasteiger partial charge in [0.05, 0.1) is 16.7 Å². The fourth-order valence-electron chi connectivity index (χ4n) is 4.38. The number of nitrogens with zero attached hydrogens (tertiary/aromatic N) is 2. The molecule has 0 radical (unpaired) electrons. The molecule has 1 fully saturated rings. The first-order valence-electron chi connectivity index (χ1n) is 10.3. The maximum absolute atomic E-state index is 12.7. The van der Waals surface area contributed by atoms with Crippen molar-refractivity contribution in [1.29, 1.82) is 0 Å². The molecule has 3 aromatic carbocycles. The molecule has 3 aliphatic heterocycles. The van der Waals surface area contributed by atoms with E-state index in [4.69, 9.17) is 9.84 Å². The smallest absolute Gasteiger partial charge is 0.314 e. The third-order valence-electron chi connectivity index (χ3n) is 5.85. The van der Waals surface area contributed by atoms with Crippen molar-refractivity contribution in [1.82, 2.24) is 10.3 Å². The summed E-state index contributed by atoms with van der Waals surface area (Å²) in [6.45, 7) is 0. The molecule has 0 saturated carbocycles. The number of thioether (sulfide) groups is 1. The Labute approximate surface area is 198 Å². The molecule has 0 aromatic heterocycles. The molecule has 3 aliphatic rings. The maximum atomic E-state index is 12.7. The lowest BCUT2D eigenvalue weighted by Gasteiger charge is -2.45. The Morgan fingerprint density at radius 2 is 1.81 bits per heavy atom. The SMILES string of the molecule is O=C1N[C@@]2(Oc3ccccc3[C@@H]3CC(c4ccccc4)=NN32)/C(=C/c2ccc(Br)cc2)S1. The quantitative estimate of drug-likeness (QED) is 0.455. The van der Waals surface area contributed by atoms with E-state index < -0.39 is 5.85 Å². The third kappa shape index (κ3) is 3.15. The van der Waals surface area contributed by atoms with Gasteiger partial charge in [-0.1, -0.05) is 76.6 Å². The summed E-state index contributed by atoms with van der Waals surface area (Å²) in [7, 11) is 0. The predicted octanol–water partition coefficient (Wildman–Crippen LogP) is 6.14. The first-order valence-corrected chi connectivity index (χ1v) is 11.9. The van der Waals surface area contributed by atoms with Crippen molar-refractivity contribution in [3.63, 3.8) is 0 Å². The lowest BCUT2D eigenvalue weighted by Crippen LogP contribution is -2.61. The summed E-state index contributed by atoms with van der Waals surface area (Å²) < 4.78 is 7.55. The van der Waals surface area contributed by atoms with E-state index in [2.05, 4.69) is 39.4 Å². The highest BCUT2D eigenvalue weighted by molar-refractivity contribution is 9.10. The van der Waals surface area contributed by atoms with Crippen LogP contribution >= 0.6 is 27.7 Å². The summed E-state index contributed by atoms with van der Waals surface area (Å²) in [5.41, 5.74) is 4.10. The van der Waals surface area contributed by atoms with Crippen LogP contribution in [0.4, 0.5) is 4.79 Å². The number of para-hydroxylation sites is 1. The average molecular weight is 504 g/mol. The number of hydrazone groups is 1. The van der Waals surface area contributed by atoms with Crippen LogP contribution in [-0.4, -0.2) is 21.8 Å². The van der Waals surface area contributed by atoms with Crippen LogP contribution in [0.3, 0.4) is 0 Å². The first kappa shape index (κ1) is 19.6. The van der Waals surface area contributed by atoms with Crippen molar-refractivity contribution < 1.29 is 9.53 Å². The van der Waals surface area contributed by atoms with Crippen molar-refractivity contribution >= 4 is 44.7 Å². The van der Waals surface area contributed by atoms with Crippen LogP contribution in [0.15, 0.2) is 93.3 Å². The molecule has 2 atom stereocenters. The first-order chi connectivity index (χ1) is 15.6. The van der Waals surface area contributed by atoms with Gasteiger partial charge in [0, 0.05) is 16.5 Å². The van der Waals surface area contributed by atoms with Gasteiger partial charge in [-0.15, -0.1) is 0 Å². The zero-order chi connectivity index (χ0) is 21.7. The second kappa shape index (κ2) is 7.53. The van der Waals surface area contributed by atoms with E-state index in [0.717, 1.165) is 55.7 Å². The predicted molar refractivity (Wildman–Crippen MR) is 130 cm³/mol. The minimum Gasteiger partial charge on any atom is -0.444 e. The second-order valence-electron chi connectivity index (χ2n) is 7.84. The van der Waals surface area contributed by atoms with Crippen LogP contribution in [0.25, 0.3) is 6.08 Å². The van der Waals surface area contributed by atoms with Crippen LogP contribution in [0.5, 0.6) is 5.75 Å². The van der Waals surface area contributed by atoms with E-state index >= 15 is 0 Å². The molecule has 3 aromatic rings. The molecule has 7 heteroatoms. The molecule has 158 valence electrons. The van der Waals surface area contributed by atoms with Crippen LogP contribution in [0.2, 0.25) is 0 Å². The van der Waals surface area contributed by atoms with Crippen molar-refractivity contribution in [2.45, 2.75) is 18.3 Å². The van der Waals surface area contributed by atoms with E-state index in [1.54, 1.807) is 0 Å². The summed E-state index contributed by atoms with van der Waals surface area (Å²) in [5.74, 6) is -0.410. The maximum Gasteiger partial charge on any atom is 0.314 e. The number of rotatable bonds is 2. The monoisotopic (exact) mass is 503 g/mol. The van der Waals surface area contributed by atoms with Gasteiger partial charge in [0.25, 0.3) is 5.24 Å². The molecule has 32 heavy (non-hydrogen) atoms. The number of nitrogens with one attached hydrogen (secondary N) is 1. The highest BCUT2D eigenvalue weighted by atomic mass is 79.9. The lowest BCUT2D eigenvalue weighted by atomic mass is 9.95. The van der Waals surface area contributed by atoms with E-state index in [1.807, 2.05) is 71.7 Å². The number of benzene rings is 3. The van der Waals surface area contributed by atoms with Gasteiger partial charge in [-0.3, -0.25) is 10.1 Å². The normalized spacial score (nSPS) is 24.7. The van der Waals surface area contributed by atoms with Gasteiger partial charge in [0.15, 0.2) is 0 Å². The van der Waals surface area contributed by atoms with Gasteiger partial charge in [-0.2, -0.15) is 5.10 Å². The zero-order valence-electron chi connectivity index (χ0n) is 16.9. The molecule has 6 rings (SSSR count). The largest absolute Gasteiger partial charge is 0.444 e. The van der Waals surface area contributed by atoms with Crippen molar-refractivity contribution in [2.75, 3.05) is 0 Å².